The average molecular weight is 629 g/mol. The Hall–Kier alpha value is -3.84. The molecule has 0 unspecified atom stereocenters. The molecule has 0 aliphatic carbocycles. The Bertz CT molecular complexity index is 1320. The van der Waals surface area contributed by atoms with E-state index in [0.717, 1.165) is 0 Å². The summed E-state index contributed by atoms with van der Waals surface area (Å²) in [6, 6.07) is 1.85. The summed E-state index contributed by atoms with van der Waals surface area (Å²) in [5.41, 5.74) is 11.9. The second kappa shape index (κ2) is 13.7. The van der Waals surface area contributed by atoms with Crippen molar-refractivity contribution in [2.24, 2.45) is 22.3 Å². The van der Waals surface area contributed by atoms with Gasteiger partial charge in [-0.25, -0.2) is 4.79 Å². The summed E-state index contributed by atoms with van der Waals surface area (Å²) >= 11 is 0. The zero-order chi connectivity index (χ0) is 34.0. The molecule has 2 heterocycles. The van der Waals surface area contributed by atoms with Gasteiger partial charge in [0.1, 0.15) is 6.04 Å². The van der Waals surface area contributed by atoms with E-state index in [2.05, 4.69) is 10.6 Å². The lowest BCUT2D eigenvalue weighted by atomic mass is 9.86. The molecule has 2 aliphatic rings. The van der Waals surface area contributed by atoms with Gasteiger partial charge in [0.05, 0.1) is 25.2 Å². The van der Waals surface area contributed by atoms with Crippen molar-refractivity contribution >= 4 is 35.4 Å². The first kappa shape index (κ1) is 35.6. The molecule has 0 aromatic heterocycles. The standard InChI is InChI=1S/C32H48N6O7/c1-17(39)22-13-20(15-37(22)28(42)24(33)31(2,3)4)35-26(40)18-9-11-19(12-10-18)27(41)36-21-14-23(30(44)45-8)38(16-21)29(43)25(34)32(5,6)7/h9-12,20-25H,13-16,33-34H2,1-8H3,(H,35,40)(H,36,41)/t20-,21-,22-,23-,24+,25+/m0/s1. The van der Waals surface area contributed by atoms with Crippen LogP contribution < -0.4 is 22.1 Å². The number of hydrogen-bond acceptors (Lipinski definition) is 9. The Morgan fingerprint density at radius 1 is 0.733 bits per heavy atom. The Balaban J connectivity index is 1.64. The Morgan fingerprint density at radius 3 is 1.42 bits per heavy atom. The molecular formula is C32H48N6O7. The molecule has 0 spiro atoms. The summed E-state index contributed by atoms with van der Waals surface area (Å²) in [6.07, 6.45) is 0.447. The van der Waals surface area contributed by atoms with E-state index in [9.17, 15) is 28.8 Å². The monoisotopic (exact) mass is 628 g/mol. The van der Waals surface area contributed by atoms with E-state index in [1.807, 2.05) is 41.5 Å². The number of esters is 1. The van der Waals surface area contributed by atoms with E-state index in [-0.39, 0.29) is 43.2 Å². The third-order valence-corrected chi connectivity index (χ3v) is 8.59. The number of ketones is 1. The lowest BCUT2D eigenvalue weighted by Crippen LogP contribution is -2.53. The maximum absolute atomic E-state index is 13.1. The highest BCUT2D eigenvalue weighted by Gasteiger charge is 2.45. The van der Waals surface area contributed by atoms with E-state index in [0.29, 0.717) is 5.56 Å². The first-order chi connectivity index (χ1) is 20.8. The molecule has 0 bridgehead atoms. The number of carbonyl (C=O) groups is 6. The summed E-state index contributed by atoms with van der Waals surface area (Å²) in [6.45, 7) is 12.7. The van der Waals surface area contributed by atoms with E-state index in [4.69, 9.17) is 16.2 Å². The Morgan fingerprint density at radius 2 is 1.09 bits per heavy atom. The number of Topliss-reactive ketones (excluding diaryl/α,β-unsaturated/α-hetero) is 1. The predicted octanol–water partition coefficient (Wildman–Crippen LogP) is 0.594. The fourth-order valence-electron chi connectivity index (χ4n) is 5.52. The number of amides is 4. The molecule has 0 radical (unpaired) electrons. The quantitative estimate of drug-likeness (QED) is 0.298. The van der Waals surface area contributed by atoms with Gasteiger partial charge in [-0.1, -0.05) is 41.5 Å². The summed E-state index contributed by atoms with van der Waals surface area (Å²) in [5, 5.41) is 5.75. The van der Waals surface area contributed by atoms with E-state index >= 15 is 0 Å². The maximum Gasteiger partial charge on any atom is 0.328 e. The summed E-state index contributed by atoms with van der Waals surface area (Å²) in [5.74, 6) is -2.34. The van der Waals surface area contributed by atoms with Gasteiger partial charge in [-0.2, -0.15) is 0 Å². The second-order valence-electron chi connectivity index (χ2n) is 14.2. The highest BCUT2D eigenvalue weighted by molar-refractivity contribution is 5.98. The molecule has 2 fully saturated rings. The molecule has 4 amide bonds. The van der Waals surface area contributed by atoms with E-state index in [1.54, 1.807) is 0 Å². The number of methoxy groups -OCH3 is 1. The maximum atomic E-state index is 13.1. The number of carbonyl (C=O) groups excluding carboxylic acids is 6. The van der Waals surface area contributed by atoms with Crippen LogP contribution in [0.4, 0.5) is 0 Å². The number of rotatable bonds is 8. The van der Waals surface area contributed by atoms with Crippen LogP contribution in [0.3, 0.4) is 0 Å². The molecule has 0 saturated carbocycles. The molecule has 45 heavy (non-hydrogen) atoms. The minimum Gasteiger partial charge on any atom is -0.467 e. The number of benzene rings is 1. The third-order valence-electron chi connectivity index (χ3n) is 8.59. The van der Waals surface area contributed by atoms with Gasteiger partial charge in [-0.15, -0.1) is 0 Å². The minimum atomic E-state index is -0.874. The van der Waals surface area contributed by atoms with Gasteiger partial charge in [0.2, 0.25) is 11.8 Å². The molecule has 6 atom stereocenters. The lowest BCUT2D eigenvalue weighted by molar-refractivity contribution is -0.152. The number of hydrogen-bond donors (Lipinski definition) is 4. The van der Waals surface area contributed by atoms with Gasteiger partial charge in [0.25, 0.3) is 11.8 Å². The third kappa shape index (κ3) is 8.26. The summed E-state index contributed by atoms with van der Waals surface area (Å²) in [7, 11) is 1.24. The molecule has 2 saturated heterocycles. The van der Waals surface area contributed by atoms with Crippen molar-refractivity contribution in [3.05, 3.63) is 35.4 Å². The first-order valence-electron chi connectivity index (χ1n) is 15.2. The second-order valence-corrected chi connectivity index (χ2v) is 14.2. The van der Waals surface area contributed by atoms with Crippen molar-refractivity contribution in [2.75, 3.05) is 20.2 Å². The first-order valence-corrected chi connectivity index (χ1v) is 15.2. The number of ether oxygens (including phenoxy) is 1. The molecule has 6 N–H and O–H groups in total. The number of likely N-dealkylation sites (tertiary alicyclic amines) is 2. The van der Waals surface area contributed by atoms with E-state index < -0.39 is 70.8 Å². The van der Waals surface area contributed by atoms with Crippen LogP contribution in [0, 0.1) is 10.8 Å². The fraction of sp³-hybridized carbons (Fsp3) is 0.625. The molecule has 248 valence electrons. The Kier molecular flexibility index (Phi) is 10.8. The molecule has 1 aromatic carbocycles. The van der Waals surface area contributed by atoms with Crippen LogP contribution in [0.5, 0.6) is 0 Å². The number of nitrogens with zero attached hydrogens (tertiary/aromatic N) is 2. The van der Waals surface area contributed by atoms with Crippen LogP contribution >= 0.6 is 0 Å². The molecule has 13 heteroatoms. The highest BCUT2D eigenvalue weighted by atomic mass is 16.5. The van der Waals surface area contributed by atoms with Gasteiger partial charge >= 0.3 is 5.97 Å². The average Bonchev–Trinajstić information content (AvgIpc) is 3.59. The van der Waals surface area contributed by atoms with Crippen molar-refractivity contribution in [3.8, 4) is 0 Å². The minimum absolute atomic E-state index is 0.0947. The molecular weight excluding hydrogens is 580 g/mol. The largest absolute Gasteiger partial charge is 0.467 e. The van der Waals surface area contributed by atoms with Crippen LogP contribution in [-0.4, -0.2) is 102 Å². The van der Waals surface area contributed by atoms with E-state index in [1.165, 1.54) is 48.1 Å². The van der Waals surface area contributed by atoms with Crippen LogP contribution in [0.1, 0.15) is 82.0 Å². The lowest BCUT2D eigenvalue weighted by Gasteiger charge is -2.32. The van der Waals surface area contributed by atoms with Crippen molar-refractivity contribution in [1.29, 1.82) is 0 Å². The predicted molar refractivity (Wildman–Crippen MR) is 167 cm³/mol. The zero-order valence-corrected chi connectivity index (χ0v) is 27.5. The molecule has 13 nitrogen and oxygen atoms in total. The Labute approximate surface area is 264 Å². The topological polar surface area (TPSA) is 194 Å². The van der Waals surface area contributed by atoms with Crippen LogP contribution in [-0.2, 0) is 23.9 Å². The normalized spacial score (nSPS) is 23.2. The summed E-state index contributed by atoms with van der Waals surface area (Å²) in [4.78, 5) is 79.9. The van der Waals surface area contributed by atoms with Crippen molar-refractivity contribution in [3.63, 3.8) is 0 Å². The number of nitrogens with two attached hydrogens (primary N) is 2. The summed E-state index contributed by atoms with van der Waals surface area (Å²) < 4.78 is 4.89. The number of nitrogens with one attached hydrogen (secondary N) is 2. The molecule has 3 rings (SSSR count). The smallest absolute Gasteiger partial charge is 0.328 e. The van der Waals surface area contributed by atoms with Crippen molar-refractivity contribution < 1.29 is 33.5 Å². The molecule has 1 aromatic rings. The SMILES string of the molecule is COC(=O)[C@@H]1C[C@H](NC(=O)c2ccc(C(=O)N[C@H]3C[C@@H](C(C)=O)N(C(=O)[C@@H](N)C(C)(C)C)C3)cc2)CN1C(=O)[C@@H](N)C(C)(C)C. The van der Waals surface area contributed by atoms with Gasteiger partial charge in [0.15, 0.2) is 5.78 Å². The van der Waals surface area contributed by atoms with Crippen LogP contribution in [0.15, 0.2) is 24.3 Å². The molecule has 2 aliphatic heterocycles. The van der Waals surface area contributed by atoms with Crippen molar-refractivity contribution in [2.45, 2.75) is 97.6 Å². The van der Waals surface area contributed by atoms with Crippen LogP contribution in [0.2, 0.25) is 0 Å². The van der Waals surface area contributed by atoms with Gasteiger partial charge in [-0.05, 0) is 48.4 Å². The van der Waals surface area contributed by atoms with Gasteiger partial charge < -0.3 is 36.6 Å². The fourth-order valence-corrected chi connectivity index (χ4v) is 5.52. The van der Waals surface area contributed by atoms with Crippen molar-refractivity contribution in [1.82, 2.24) is 20.4 Å². The van der Waals surface area contributed by atoms with Crippen LogP contribution in [0.25, 0.3) is 0 Å². The highest BCUT2D eigenvalue weighted by Crippen LogP contribution is 2.27. The zero-order valence-electron chi connectivity index (χ0n) is 27.5. The van der Waals surface area contributed by atoms with Gasteiger partial charge in [-0.3, -0.25) is 24.0 Å². The van der Waals surface area contributed by atoms with Gasteiger partial charge in [0, 0.05) is 42.7 Å².